The van der Waals surface area contributed by atoms with Crippen molar-refractivity contribution < 1.29 is 0 Å². The van der Waals surface area contributed by atoms with Crippen molar-refractivity contribution in [2.24, 2.45) is 0 Å². The van der Waals surface area contributed by atoms with Gasteiger partial charge >= 0.3 is 0 Å². The summed E-state index contributed by atoms with van der Waals surface area (Å²) >= 11 is 12.0. The summed E-state index contributed by atoms with van der Waals surface area (Å²) in [5, 5.41) is 14.3. The summed E-state index contributed by atoms with van der Waals surface area (Å²) < 4.78 is 4.64. The highest BCUT2D eigenvalue weighted by Crippen LogP contribution is 2.33. The number of hydrogen-bond donors (Lipinski definition) is 0. The quantitative estimate of drug-likeness (QED) is 0.263. The Kier molecular flexibility index (Phi) is 4.66. The summed E-state index contributed by atoms with van der Waals surface area (Å²) in [5.74, 6) is 0. The Bertz CT molecular complexity index is 1290. The second kappa shape index (κ2) is 7.18. The minimum Gasteiger partial charge on any atom is -0.216 e. The standard InChI is InChI=1S/C18H9Br3N6S/c19-11-3-1-10(2-4-11)15-16(21)26-18(23-15)28-17(25-26)14-9-22-27(24-14)13-7-5-12(20)6-8-13/h1-9H. The van der Waals surface area contributed by atoms with Gasteiger partial charge in [-0.05, 0) is 52.3 Å². The van der Waals surface area contributed by atoms with E-state index in [1.807, 2.05) is 48.5 Å². The zero-order valence-corrected chi connectivity index (χ0v) is 19.5. The van der Waals surface area contributed by atoms with Crippen LogP contribution in [0.4, 0.5) is 0 Å². The molecule has 0 amide bonds. The van der Waals surface area contributed by atoms with Crippen LogP contribution in [-0.4, -0.2) is 29.6 Å². The van der Waals surface area contributed by atoms with Crippen molar-refractivity contribution in [3.8, 4) is 27.6 Å². The number of halogens is 3. The first-order valence-corrected chi connectivity index (χ1v) is 11.3. The van der Waals surface area contributed by atoms with Gasteiger partial charge in [0, 0.05) is 14.5 Å². The molecule has 6 nitrogen and oxygen atoms in total. The molecule has 0 spiro atoms. The molecule has 138 valence electrons. The molecule has 0 unspecified atom stereocenters. The smallest absolute Gasteiger partial charge is 0.214 e. The number of hydrogen-bond acceptors (Lipinski definition) is 5. The van der Waals surface area contributed by atoms with Gasteiger partial charge in [0.25, 0.3) is 0 Å². The molecule has 0 atom stereocenters. The SMILES string of the molecule is Brc1ccc(-c2nc3sc(-c4cnn(-c5ccc(Br)cc5)n4)nn3c2Br)cc1. The predicted octanol–water partition coefficient (Wildman–Crippen LogP) is 5.99. The van der Waals surface area contributed by atoms with Crippen LogP contribution in [0.1, 0.15) is 0 Å². The maximum atomic E-state index is 4.73. The lowest BCUT2D eigenvalue weighted by molar-refractivity contribution is 0.753. The fourth-order valence-electron chi connectivity index (χ4n) is 2.68. The van der Waals surface area contributed by atoms with Gasteiger partial charge in [0.05, 0.1) is 11.9 Å². The first-order valence-electron chi connectivity index (χ1n) is 8.08. The number of imidazole rings is 1. The van der Waals surface area contributed by atoms with E-state index in [4.69, 9.17) is 4.98 Å². The lowest BCUT2D eigenvalue weighted by Crippen LogP contribution is -1.98. The second-order valence-corrected chi connectivity index (χ2v) is 9.39. The molecule has 0 aliphatic heterocycles. The van der Waals surface area contributed by atoms with Gasteiger partial charge in [-0.3, -0.25) is 0 Å². The highest BCUT2D eigenvalue weighted by atomic mass is 79.9. The Balaban J connectivity index is 1.51. The molecule has 0 fully saturated rings. The van der Waals surface area contributed by atoms with Gasteiger partial charge in [0.1, 0.15) is 16.0 Å². The van der Waals surface area contributed by atoms with Crippen LogP contribution in [0.15, 0.2) is 68.3 Å². The maximum Gasteiger partial charge on any atom is 0.214 e. The Morgan fingerprint density at radius 3 is 2.18 bits per heavy atom. The summed E-state index contributed by atoms with van der Waals surface area (Å²) in [7, 11) is 0. The van der Waals surface area contributed by atoms with E-state index in [2.05, 4.69) is 63.1 Å². The molecule has 0 radical (unpaired) electrons. The van der Waals surface area contributed by atoms with Crippen molar-refractivity contribution in [2.75, 3.05) is 0 Å². The lowest BCUT2D eigenvalue weighted by Gasteiger charge is -1.98. The Morgan fingerprint density at radius 2 is 1.50 bits per heavy atom. The highest BCUT2D eigenvalue weighted by molar-refractivity contribution is 9.11. The number of aromatic nitrogens is 6. The normalized spacial score (nSPS) is 11.4. The number of benzene rings is 2. The van der Waals surface area contributed by atoms with Gasteiger partial charge in [0.15, 0.2) is 5.01 Å². The fraction of sp³-hybridized carbons (Fsp3) is 0. The molecule has 2 aromatic carbocycles. The summed E-state index contributed by atoms with van der Waals surface area (Å²) in [5.41, 5.74) is 3.47. The topological polar surface area (TPSA) is 60.9 Å². The number of fused-ring (bicyclic) bond motifs is 1. The van der Waals surface area contributed by atoms with Crippen molar-refractivity contribution in [3.05, 3.63) is 68.3 Å². The first kappa shape index (κ1) is 18.2. The van der Waals surface area contributed by atoms with E-state index >= 15 is 0 Å². The van der Waals surface area contributed by atoms with E-state index in [0.29, 0.717) is 5.69 Å². The van der Waals surface area contributed by atoms with Crippen LogP contribution in [-0.2, 0) is 0 Å². The van der Waals surface area contributed by atoms with Crippen molar-refractivity contribution in [3.63, 3.8) is 0 Å². The van der Waals surface area contributed by atoms with Gasteiger partial charge in [0.2, 0.25) is 4.96 Å². The number of rotatable bonds is 3. The summed E-state index contributed by atoms with van der Waals surface area (Å²) in [6.45, 7) is 0. The second-order valence-electron chi connectivity index (χ2n) is 5.86. The summed E-state index contributed by atoms with van der Waals surface area (Å²) in [6.07, 6.45) is 1.71. The molecule has 0 N–H and O–H groups in total. The maximum absolute atomic E-state index is 4.73. The van der Waals surface area contributed by atoms with Crippen molar-refractivity contribution in [1.29, 1.82) is 0 Å². The zero-order chi connectivity index (χ0) is 19.3. The molecule has 0 bridgehead atoms. The van der Waals surface area contributed by atoms with Crippen molar-refractivity contribution in [2.45, 2.75) is 0 Å². The molecule has 3 aromatic heterocycles. The minimum absolute atomic E-state index is 0.704. The van der Waals surface area contributed by atoms with Gasteiger partial charge in [-0.1, -0.05) is 55.3 Å². The van der Waals surface area contributed by atoms with Crippen LogP contribution in [0.5, 0.6) is 0 Å². The monoisotopic (exact) mass is 578 g/mol. The third-order valence-electron chi connectivity index (χ3n) is 4.03. The lowest BCUT2D eigenvalue weighted by atomic mass is 10.2. The molecule has 5 aromatic rings. The van der Waals surface area contributed by atoms with E-state index in [9.17, 15) is 0 Å². The third kappa shape index (κ3) is 3.24. The summed E-state index contributed by atoms with van der Waals surface area (Å²) in [4.78, 5) is 7.11. The first-order chi connectivity index (χ1) is 13.6. The highest BCUT2D eigenvalue weighted by Gasteiger charge is 2.18. The molecule has 0 aliphatic carbocycles. The van der Waals surface area contributed by atoms with E-state index in [-0.39, 0.29) is 0 Å². The van der Waals surface area contributed by atoms with Gasteiger partial charge in [-0.25, -0.2) is 4.98 Å². The van der Waals surface area contributed by atoms with E-state index in [1.54, 1.807) is 15.5 Å². The van der Waals surface area contributed by atoms with Gasteiger partial charge in [-0.2, -0.15) is 19.5 Å². The Hall–Kier alpha value is -1.88. The molecule has 3 heterocycles. The van der Waals surface area contributed by atoms with Gasteiger partial charge in [-0.15, -0.1) is 5.10 Å². The van der Waals surface area contributed by atoms with Crippen LogP contribution in [0, 0.1) is 0 Å². The molecule has 10 heteroatoms. The molecule has 5 rings (SSSR count). The van der Waals surface area contributed by atoms with Crippen molar-refractivity contribution >= 4 is 64.1 Å². The minimum atomic E-state index is 0.704. The molecule has 0 saturated carbocycles. The average Bonchev–Trinajstić information content (AvgIpc) is 3.40. The Labute approximate surface area is 188 Å². The Morgan fingerprint density at radius 1 is 0.821 bits per heavy atom. The van der Waals surface area contributed by atoms with E-state index in [1.165, 1.54) is 11.3 Å². The largest absolute Gasteiger partial charge is 0.216 e. The van der Waals surface area contributed by atoms with Crippen LogP contribution in [0.2, 0.25) is 0 Å². The number of nitrogens with zero attached hydrogens (tertiary/aromatic N) is 6. The molecular weight excluding hydrogens is 572 g/mol. The van der Waals surface area contributed by atoms with Gasteiger partial charge < -0.3 is 0 Å². The zero-order valence-electron chi connectivity index (χ0n) is 13.9. The van der Waals surface area contributed by atoms with Crippen molar-refractivity contribution in [1.82, 2.24) is 29.6 Å². The van der Waals surface area contributed by atoms with E-state index in [0.717, 1.165) is 40.5 Å². The van der Waals surface area contributed by atoms with Crippen LogP contribution in [0.3, 0.4) is 0 Å². The molecule has 0 aliphatic rings. The molecule has 28 heavy (non-hydrogen) atoms. The summed E-state index contributed by atoms with van der Waals surface area (Å²) in [6, 6.07) is 15.8. The molecular formula is C18H9Br3N6S. The van der Waals surface area contributed by atoms with E-state index < -0.39 is 0 Å². The average molecular weight is 581 g/mol. The van der Waals surface area contributed by atoms with Crippen LogP contribution < -0.4 is 0 Å². The molecule has 0 saturated heterocycles. The third-order valence-corrected chi connectivity index (χ3v) is 6.73. The van der Waals surface area contributed by atoms with Crippen LogP contribution >= 0.6 is 59.1 Å². The fourth-order valence-corrected chi connectivity index (χ4v) is 4.74. The van der Waals surface area contributed by atoms with Crippen LogP contribution in [0.25, 0.3) is 32.6 Å². The predicted molar refractivity (Wildman–Crippen MR) is 120 cm³/mol.